The van der Waals surface area contributed by atoms with E-state index in [0.717, 1.165) is 11.1 Å². The molecular formula is C16H16N2O4. The molecule has 6 nitrogen and oxygen atoms in total. The second-order valence-electron chi connectivity index (χ2n) is 4.91. The van der Waals surface area contributed by atoms with Gasteiger partial charge in [0.25, 0.3) is 11.6 Å². The Morgan fingerprint density at radius 2 is 1.91 bits per heavy atom. The van der Waals surface area contributed by atoms with Crippen molar-refractivity contribution in [3.05, 3.63) is 63.2 Å². The Kier molecular flexibility index (Phi) is 4.41. The van der Waals surface area contributed by atoms with E-state index in [4.69, 9.17) is 4.74 Å². The molecule has 1 N–H and O–H groups in total. The zero-order valence-electron chi connectivity index (χ0n) is 12.5. The smallest absolute Gasteiger partial charge is 0.282 e. The van der Waals surface area contributed by atoms with Gasteiger partial charge in [0, 0.05) is 11.8 Å². The molecule has 0 saturated carbocycles. The van der Waals surface area contributed by atoms with E-state index in [1.807, 2.05) is 26.0 Å². The Morgan fingerprint density at radius 3 is 2.50 bits per heavy atom. The number of aryl methyl sites for hydroxylation is 2. The predicted octanol–water partition coefficient (Wildman–Crippen LogP) is 3.47. The van der Waals surface area contributed by atoms with Gasteiger partial charge in [-0.05, 0) is 37.6 Å². The fourth-order valence-corrected chi connectivity index (χ4v) is 2.13. The van der Waals surface area contributed by atoms with Gasteiger partial charge >= 0.3 is 0 Å². The number of carbonyl (C=O) groups excluding carboxylic acids is 1. The molecule has 0 atom stereocenters. The summed E-state index contributed by atoms with van der Waals surface area (Å²) in [5.74, 6) is -0.158. The highest BCUT2D eigenvalue weighted by atomic mass is 16.6. The first-order valence-corrected chi connectivity index (χ1v) is 6.63. The Hall–Kier alpha value is -2.89. The van der Waals surface area contributed by atoms with Crippen LogP contribution < -0.4 is 10.1 Å². The number of hydrogen-bond donors (Lipinski definition) is 1. The molecule has 2 aromatic rings. The molecule has 0 aliphatic carbocycles. The number of nitrogens with zero attached hydrogens (tertiary/aromatic N) is 1. The monoisotopic (exact) mass is 300 g/mol. The van der Waals surface area contributed by atoms with Crippen LogP contribution in [0, 0.1) is 24.0 Å². The molecule has 2 aromatic carbocycles. The molecule has 0 spiro atoms. The molecule has 0 unspecified atom stereocenters. The summed E-state index contributed by atoms with van der Waals surface area (Å²) in [4.78, 5) is 22.9. The standard InChI is InChI=1S/C16H16N2O4/c1-10-4-6-14(11(2)8-10)17-16(19)13-9-12(22-3)5-7-15(13)18(20)21/h4-9H,1-3H3,(H,17,19). The summed E-state index contributed by atoms with van der Waals surface area (Å²) < 4.78 is 5.03. The third-order valence-electron chi connectivity index (χ3n) is 3.28. The van der Waals surface area contributed by atoms with E-state index in [-0.39, 0.29) is 11.3 Å². The van der Waals surface area contributed by atoms with Gasteiger partial charge in [-0.1, -0.05) is 17.7 Å². The Labute approximate surface area is 127 Å². The van der Waals surface area contributed by atoms with Gasteiger partial charge in [0.1, 0.15) is 11.3 Å². The van der Waals surface area contributed by atoms with Crippen LogP contribution in [0.1, 0.15) is 21.5 Å². The highest BCUT2D eigenvalue weighted by Crippen LogP contribution is 2.25. The van der Waals surface area contributed by atoms with Crippen molar-refractivity contribution in [2.45, 2.75) is 13.8 Å². The zero-order valence-corrected chi connectivity index (χ0v) is 12.5. The molecule has 1 amide bonds. The van der Waals surface area contributed by atoms with E-state index in [9.17, 15) is 14.9 Å². The van der Waals surface area contributed by atoms with Crippen LogP contribution in [-0.4, -0.2) is 17.9 Å². The summed E-state index contributed by atoms with van der Waals surface area (Å²) in [6, 6.07) is 9.63. The quantitative estimate of drug-likeness (QED) is 0.692. The Balaban J connectivity index is 2.38. The zero-order chi connectivity index (χ0) is 16.3. The van der Waals surface area contributed by atoms with E-state index in [1.54, 1.807) is 6.07 Å². The third kappa shape index (κ3) is 3.22. The number of nitro groups is 1. The van der Waals surface area contributed by atoms with Crippen LogP contribution in [0.5, 0.6) is 5.75 Å². The average Bonchev–Trinajstić information content (AvgIpc) is 2.49. The van der Waals surface area contributed by atoms with Gasteiger partial charge < -0.3 is 10.1 Å². The lowest BCUT2D eigenvalue weighted by atomic mass is 10.1. The number of nitro benzene ring substituents is 1. The molecule has 0 aliphatic heterocycles. The molecule has 2 rings (SSSR count). The number of hydrogen-bond acceptors (Lipinski definition) is 4. The number of methoxy groups -OCH3 is 1. The van der Waals surface area contributed by atoms with Crippen LogP contribution in [-0.2, 0) is 0 Å². The van der Waals surface area contributed by atoms with Crippen molar-refractivity contribution in [2.75, 3.05) is 12.4 Å². The maximum atomic E-state index is 12.4. The minimum atomic E-state index is -0.587. The van der Waals surface area contributed by atoms with E-state index < -0.39 is 10.8 Å². The normalized spacial score (nSPS) is 10.1. The van der Waals surface area contributed by atoms with Crippen molar-refractivity contribution < 1.29 is 14.5 Å². The van der Waals surface area contributed by atoms with Crippen molar-refractivity contribution in [2.24, 2.45) is 0 Å². The van der Waals surface area contributed by atoms with E-state index >= 15 is 0 Å². The van der Waals surface area contributed by atoms with Gasteiger partial charge in [0.2, 0.25) is 0 Å². The maximum Gasteiger partial charge on any atom is 0.282 e. The van der Waals surface area contributed by atoms with Gasteiger partial charge in [-0.25, -0.2) is 0 Å². The van der Waals surface area contributed by atoms with Crippen LogP contribution in [0.25, 0.3) is 0 Å². The molecule has 0 aromatic heterocycles. The summed E-state index contributed by atoms with van der Waals surface area (Å²) in [5, 5.41) is 13.8. The molecular weight excluding hydrogens is 284 g/mol. The summed E-state index contributed by atoms with van der Waals surface area (Å²) in [5.41, 5.74) is 2.28. The van der Waals surface area contributed by atoms with Crippen LogP contribution >= 0.6 is 0 Å². The molecule has 0 saturated heterocycles. The molecule has 0 aliphatic rings. The summed E-state index contributed by atoms with van der Waals surface area (Å²) in [6.45, 7) is 3.81. The maximum absolute atomic E-state index is 12.4. The van der Waals surface area contributed by atoms with Crippen molar-refractivity contribution in [1.29, 1.82) is 0 Å². The van der Waals surface area contributed by atoms with Gasteiger partial charge in [-0.2, -0.15) is 0 Å². The van der Waals surface area contributed by atoms with Crippen molar-refractivity contribution >= 4 is 17.3 Å². The van der Waals surface area contributed by atoms with Crippen molar-refractivity contribution in [3.63, 3.8) is 0 Å². The lowest BCUT2D eigenvalue weighted by molar-refractivity contribution is -0.385. The number of carbonyl (C=O) groups is 1. The highest BCUT2D eigenvalue weighted by molar-refractivity contribution is 6.07. The fourth-order valence-electron chi connectivity index (χ4n) is 2.13. The van der Waals surface area contributed by atoms with Crippen molar-refractivity contribution in [3.8, 4) is 5.75 Å². The molecule has 114 valence electrons. The third-order valence-corrected chi connectivity index (χ3v) is 3.28. The van der Waals surface area contributed by atoms with Crippen molar-refractivity contribution in [1.82, 2.24) is 0 Å². The van der Waals surface area contributed by atoms with Crippen LogP contribution in [0.2, 0.25) is 0 Å². The number of benzene rings is 2. The molecule has 0 bridgehead atoms. The SMILES string of the molecule is COc1ccc([N+](=O)[O-])c(C(=O)Nc2ccc(C)cc2C)c1. The largest absolute Gasteiger partial charge is 0.497 e. The number of nitrogens with one attached hydrogen (secondary N) is 1. The molecule has 6 heteroatoms. The van der Waals surface area contributed by atoms with Gasteiger partial charge in [0.05, 0.1) is 12.0 Å². The van der Waals surface area contributed by atoms with Gasteiger partial charge in [0.15, 0.2) is 0 Å². The number of anilines is 1. The average molecular weight is 300 g/mol. The van der Waals surface area contributed by atoms with E-state index in [2.05, 4.69) is 5.32 Å². The fraction of sp³-hybridized carbons (Fsp3) is 0.188. The number of amides is 1. The van der Waals surface area contributed by atoms with Gasteiger partial charge in [-0.3, -0.25) is 14.9 Å². The predicted molar refractivity (Wildman–Crippen MR) is 83.5 cm³/mol. The van der Waals surface area contributed by atoms with E-state index in [0.29, 0.717) is 11.4 Å². The first kappa shape index (κ1) is 15.5. The van der Waals surface area contributed by atoms with E-state index in [1.165, 1.54) is 25.3 Å². The van der Waals surface area contributed by atoms with Crippen LogP contribution in [0.15, 0.2) is 36.4 Å². The second kappa shape index (κ2) is 6.26. The minimum absolute atomic E-state index is 0.0377. The number of ether oxygens (including phenoxy) is 1. The summed E-state index contributed by atoms with van der Waals surface area (Å²) in [7, 11) is 1.44. The molecule has 0 fully saturated rings. The first-order chi connectivity index (χ1) is 10.4. The number of rotatable bonds is 4. The first-order valence-electron chi connectivity index (χ1n) is 6.63. The Morgan fingerprint density at radius 1 is 1.18 bits per heavy atom. The Bertz CT molecular complexity index is 741. The lowest BCUT2D eigenvalue weighted by Gasteiger charge is -2.10. The second-order valence-corrected chi connectivity index (χ2v) is 4.91. The summed E-state index contributed by atoms with van der Waals surface area (Å²) >= 11 is 0. The molecule has 0 heterocycles. The van der Waals surface area contributed by atoms with Crippen LogP contribution in [0.4, 0.5) is 11.4 Å². The van der Waals surface area contributed by atoms with Crippen LogP contribution in [0.3, 0.4) is 0 Å². The summed E-state index contributed by atoms with van der Waals surface area (Å²) in [6.07, 6.45) is 0. The highest BCUT2D eigenvalue weighted by Gasteiger charge is 2.21. The topological polar surface area (TPSA) is 81.5 Å². The molecule has 22 heavy (non-hydrogen) atoms. The lowest BCUT2D eigenvalue weighted by Crippen LogP contribution is -2.15. The molecule has 0 radical (unpaired) electrons. The minimum Gasteiger partial charge on any atom is -0.497 e. The van der Waals surface area contributed by atoms with Gasteiger partial charge in [-0.15, -0.1) is 0 Å².